The number of hydrogen-bond donors (Lipinski definition) is 1. The van der Waals surface area contributed by atoms with Crippen molar-refractivity contribution in [2.75, 3.05) is 32.5 Å². The predicted molar refractivity (Wildman–Crippen MR) is 119 cm³/mol. The minimum atomic E-state index is 0. The normalized spacial score (nSPS) is 11.7. The Balaban J connectivity index is 0.00000140. The molecule has 0 unspecified atom stereocenters. The minimum Gasteiger partial charge on any atom is -0.496 e. The molecule has 0 saturated carbocycles. The first kappa shape index (κ1) is 22.4. The van der Waals surface area contributed by atoms with E-state index in [1.807, 2.05) is 18.2 Å². The summed E-state index contributed by atoms with van der Waals surface area (Å²) >= 11 is 1.71. The third-order valence-corrected chi connectivity index (χ3v) is 6.29. The summed E-state index contributed by atoms with van der Waals surface area (Å²) in [7, 11) is 1.71. The van der Waals surface area contributed by atoms with E-state index in [2.05, 4.69) is 35.6 Å². The number of nitrogen functional groups attached to an aromatic ring is 1. The molecule has 4 N–H and O–H groups in total. The van der Waals surface area contributed by atoms with Crippen molar-refractivity contribution >= 4 is 40.8 Å². The summed E-state index contributed by atoms with van der Waals surface area (Å²) in [5, 5.41) is 6.14. The summed E-state index contributed by atoms with van der Waals surface area (Å²) in [5.74, 6) is 0.860. The number of benzene rings is 2. The van der Waals surface area contributed by atoms with Crippen LogP contribution in [-0.4, -0.2) is 46.9 Å². The number of nitrogens with zero attached hydrogens (tertiary/aromatic N) is 3. The highest BCUT2D eigenvalue weighted by Gasteiger charge is 2.28. The molecule has 3 aromatic rings. The largest absolute Gasteiger partial charge is 0.496 e. The Hall–Kier alpha value is -1.93. The molecule has 0 spiro atoms. The van der Waals surface area contributed by atoms with E-state index in [1.54, 1.807) is 18.9 Å². The maximum absolute atomic E-state index is 6.30. The third-order valence-electron chi connectivity index (χ3n) is 5.08. The number of fused-ring (bicyclic) bond motifs is 2. The Bertz CT molecular complexity index is 972. The van der Waals surface area contributed by atoms with E-state index in [4.69, 9.17) is 15.6 Å². The Labute approximate surface area is 175 Å². The van der Waals surface area contributed by atoms with Gasteiger partial charge in [0.1, 0.15) is 11.4 Å². The van der Waals surface area contributed by atoms with Crippen LogP contribution in [0.2, 0.25) is 0 Å². The highest BCUT2D eigenvalue weighted by atomic mass is 35.5. The standard InChI is InChI=1S/C20H24N4OS.ClH.H2O/c1-4-23(5-2)11-12-24-14-10-9-13(21)20-17(14)19(22-24)18-15(25-3)7-6-8-16(18)26-20;;/h6-10H,4-5,11-12,21H2,1-3H3;1H;1H2. The van der Waals surface area contributed by atoms with Gasteiger partial charge >= 0.3 is 0 Å². The van der Waals surface area contributed by atoms with E-state index in [1.165, 1.54) is 0 Å². The zero-order valence-corrected chi connectivity index (χ0v) is 18.0. The van der Waals surface area contributed by atoms with Gasteiger partial charge in [-0.05, 0) is 37.4 Å². The van der Waals surface area contributed by atoms with Crippen molar-refractivity contribution in [2.24, 2.45) is 0 Å². The number of aromatic nitrogens is 2. The van der Waals surface area contributed by atoms with Gasteiger partial charge < -0.3 is 20.8 Å². The van der Waals surface area contributed by atoms with Crippen LogP contribution in [0.25, 0.3) is 22.2 Å². The molecule has 0 fully saturated rings. The molecule has 1 aliphatic rings. The lowest BCUT2D eigenvalue weighted by Gasteiger charge is -2.18. The third kappa shape index (κ3) is 3.55. The van der Waals surface area contributed by atoms with Gasteiger partial charge in [0, 0.05) is 27.4 Å². The minimum absolute atomic E-state index is 0. The van der Waals surface area contributed by atoms with Crippen molar-refractivity contribution in [3.8, 4) is 17.0 Å². The molecule has 6 nitrogen and oxygen atoms in total. The molecule has 0 radical (unpaired) electrons. The molecule has 1 aliphatic heterocycles. The second kappa shape index (κ2) is 9.05. The van der Waals surface area contributed by atoms with E-state index in [0.29, 0.717) is 0 Å². The van der Waals surface area contributed by atoms with Crippen LogP contribution in [0.4, 0.5) is 5.69 Å². The van der Waals surface area contributed by atoms with Crippen LogP contribution in [0.3, 0.4) is 0 Å². The van der Waals surface area contributed by atoms with Gasteiger partial charge in [-0.1, -0.05) is 31.7 Å². The topological polar surface area (TPSA) is 87.8 Å². The summed E-state index contributed by atoms with van der Waals surface area (Å²) < 4.78 is 7.75. The van der Waals surface area contributed by atoms with Crippen molar-refractivity contribution in [3.05, 3.63) is 30.3 Å². The van der Waals surface area contributed by atoms with Crippen LogP contribution in [0, 0.1) is 0 Å². The number of ether oxygens (including phenoxy) is 1. The zero-order valence-electron chi connectivity index (χ0n) is 16.4. The molecular formula is C20H27ClN4O2S. The van der Waals surface area contributed by atoms with Gasteiger partial charge in [0.2, 0.25) is 0 Å². The van der Waals surface area contributed by atoms with Crippen LogP contribution in [0.1, 0.15) is 13.8 Å². The summed E-state index contributed by atoms with van der Waals surface area (Å²) in [4.78, 5) is 4.66. The lowest BCUT2D eigenvalue weighted by Crippen LogP contribution is -2.27. The quantitative estimate of drug-likeness (QED) is 0.478. The average molecular weight is 423 g/mol. The Morgan fingerprint density at radius 3 is 2.61 bits per heavy atom. The molecule has 28 heavy (non-hydrogen) atoms. The number of anilines is 1. The second-order valence-corrected chi connectivity index (χ2v) is 7.46. The van der Waals surface area contributed by atoms with Gasteiger partial charge in [0.15, 0.2) is 0 Å². The van der Waals surface area contributed by atoms with Crippen LogP contribution < -0.4 is 10.5 Å². The summed E-state index contributed by atoms with van der Waals surface area (Å²) in [6, 6.07) is 10.2. The Morgan fingerprint density at radius 1 is 1.18 bits per heavy atom. The lowest BCUT2D eigenvalue weighted by atomic mass is 10.1. The maximum Gasteiger partial charge on any atom is 0.129 e. The van der Waals surface area contributed by atoms with Gasteiger partial charge in [-0.3, -0.25) is 4.68 Å². The van der Waals surface area contributed by atoms with Crippen LogP contribution >= 0.6 is 24.2 Å². The van der Waals surface area contributed by atoms with Crippen LogP contribution in [-0.2, 0) is 6.54 Å². The predicted octanol–water partition coefficient (Wildman–Crippen LogP) is 3.70. The molecule has 0 atom stereocenters. The molecule has 152 valence electrons. The number of halogens is 1. The fourth-order valence-corrected chi connectivity index (χ4v) is 4.75. The lowest BCUT2D eigenvalue weighted by molar-refractivity contribution is 0.287. The molecule has 1 aromatic heterocycles. The molecule has 2 aromatic carbocycles. The van der Waals surface area contributed by atoms with Crippen molar-refractivity contribution in [2.45, 2.75) is 30.2 Å². The van der Waals surface area contributed by atoms with E-state index in [9.17, 15) is 0 Å². The first-order valence-electron chi connectivity index (χ1n) is 9.04. The maximum atomic E-state index is 6.30. The van der Waals surface area contributed by atoms with Gasteiger partial charge in [-0.2, -0.15) is 5.10 Å². The van der Waals surface area contributed by atoms with Crippen molar-refractivity contribution in [3.63, 3.8) is 0 Å². The highest BCUT2D eigenvalue weighted by Crippen LogP contribution is 2.52. The van der Waals surface area contributed by atoms with E-state index in [0.717, 1.165) is 69.6 Å². The summed E-state index contributed by atoms with van der Waals surface area (Å²) in [5.41, 5.74) is 10.3. The van der Waals surface area contributed by atoms with Crippen LogP contribution in [0.5, 0.6) is 5.75 Å². The zero-order chi connectivity index (χ0) is 18.3. The van der Waals surface area contributed by atoms with Crippen molar-refractivity contribution in [1.29, 1.82) is 0 Å². The molecule has 0 saturated heterocycles. The molecule has 4 rings (SSSR count). The Morgan fingerprint density at radius 2 is 1.93 bits per heavy atom. The number of methoxy groups -OCH3 is 1. The number of hydrogen-bond acceptors (Lipinski definition) is 5. The fourth-order valence-electron chi connectivity index (χ4n) is 3.60. The van der Waals surface area contributed by atoms with Crippen molar-refractivity contribution < 1.29 is 10.2 Å². The molecule has 0 amide bonds. The van der Waals surface area contributed by atoms with E-state index in [-0.39, 0.29) is 17.9 Å². The van der Waals surface area contributed by atoms with Gasteiger partial charge in [0.25, 0.3) is 0 Å². The van der Waals surface area contributed by atoms with Gasteiger partial charge in [0.05, 0.1) is 24.7 Å². The first-order chi connectivity index (χ1) is 12.7. The van der Waals surface area contributed by atoms with Gasteiger partial charge in [-0.15, -0.1) is 12.4 Å². The highest BCUT2D eigenvalue weighted by molar-refractivity contribution is 8.00. The van der Waals surface area contributed by atoms with Gasteiger partial charge in [-0.25, -0.2) is 0 Å². The smallest absolute Gasteiger partial charge is 0.129 e. The first-order valence-corrected chi connectivity index (χ1v) is 9.86. The number of nitrogens with two attached hydrogens (primary N) is 1. The van der Waals surface area contributed by atoms with Crippen molar-refractivity contribution in [1.82, 2.24) is 14.7 Å². The number of rotatable bonds is 6. The fraction of sp³-hybridized carbons (Fsp3) is 0.350. The van der Waals surface area contributed by atoms with E-state index < -0.39 is 0 Å². The molecule has 8 heteroatoms. The molecular weight excluding hydrogens is 396 g/mol. The SMILES string of the molecule is CCN(CC)CCn1nc2c3c(c(N)ccc31)Sc1cccc(OC)c1-2.Cl.O. The summed E-state index contributed by atoms with van der Waals surface area (Å²) in [6.45, 7) is 8.33. The monoisotopic (exact) mass is 422 g/mol. The molecule has 0 aliphatic carbocycles. The summed E-state index contributed by atoms with van der Waals surface area (Å²) in [6.07, 6.45) is 0. The molecule has 2 heterocycles. The Kier molecular flexibility index (Phi) is 7.22. The second-order valence-electron chi connectivity index (χ2n) is 6.41. The molecule has 0 bridgehead atoms. The average Bonchev–Trinajstić information content (AvgIpc) is 3.04. The van der Waals surface area contributed by atoms with Crippen LogP contribution in [0.15, 0.2) is 40.1 Å². The van der Waals surface area contributed by atoms with E-state index >= 15 is 0 Å². The number of likely N-dealkylation sites (N-methyl/N-ethyl adjacent to an activating group) is 1.